The maximum Gasteiger partial charge on any atom is 0.113 e. The third-order valence-electron chi connectivity index (χ3n) is 16.5. The van der Waals surface area contributed by atoms with Crippen LogP contribution in [0.15, 0.2) is 188 Å². The molecule has 0 radical (unpaired) electrons. The van der Waals surface area contributed by atoms with E-state index in [1.54, 1.807) is 21.5 Å². The Hall–Kier alpha value is -6.22. The van der Waals surface area contributed by atoms with E-state index in [2.05, 4.69) is 206 Å². The lowest BCUT2D eigenvalue weighted by Gasteiger charge is -2.61. The van der Waals surface area contributed by atoms with Gasteiger partial charge in [-0.1, -0.05) is 170 Å². The fourth-order valence-electron chi connectivity index (χ4n) is 14.3. The molecule has 6 aliphatic rings. The van der Waals surface area contributed by atoms with Gasteiger partial charge in [-0.25, -0.2) is 0 Å². The molecule has 0 aromatic heterocycles. The number of hydrogen-bond donors (Lipinski definition) is 0. The third kappa shape index (κ3) is 5.60. The van der Waals surface area contributed by atoms with Crippen LogP contribution in [-0.2, 0) is 11.8 Å². The maximum absolute atomic E-state index is 2.63. The van der Waals surface area contributed by atoms with Crippen molar-refractivity contribution in [2.75, 3.05) is 4.90 Å². The minimum Gasteiger partial charge on any atom is -0.310 e. The van der Waals surface area contributed by atoms with E-state index in [1.165, 1.54) is 93.4 Å². The van der Waals surface area contributed by atoms with Crippen LogP contribution in [0.3, 0.4) is 0 Å². The molecule has 1 nitrogen and oxygen atoms in total. The minimum absolute atomic E-state index is 0.133. The van der Waals surface area contributed by atoms with Crippen LogP contribution >= 0.6 is 0 Å². The first kappa shape index (κ1) is 37.3. The zero-order chi connectivity index (χ0) is 41.9. The molecule has 0 amide bonds. The molecule has 5 aliphatic carbocycles. The van der Waals surface area contributed by atoms with E-state index in [0.29, 0.717) is 0 Å². The van der Waals surface area contributed by atoms with E-state index in [4.69, 9.17) is 0 Å². The topological polar surface area (TPSA) is 3.24 Å². The van der Waals surface area contributed by atoms with Crippen LogP contribution in [0.5, 0.6) is 0 Å². The second-order valence-corrected chi connectivity index (χ2v) is 24.4. The van der Waals surface area contributed by atoms with E-state index < -0.39 is 8.07 Å². The molecule has 1 heterocycles. The predicted molar refractivity (Wildman–Crippen MR) is 267 cm³/mol. The summed E-state index contributed by atoms with van der Waals surface area (Å²) in [7, 11) is -2.19. The Balaban J connectivity index is 0.922. The van der Waals surface area contributed by atoms with E-state index in [9.17, 15) is 0 Å². The lowest BCUT2D eigenvalue weighted by molar-refractivity contribution is -0.0397. The number of fused-ring (bicyclic) bond motifs is 5. The summed E-state index contributed by atoms with van der Waals surface area (Å²) in [5.41, 5.74) is 21.0. The SMILES string of the molecule is C[Si]1(C)c2ccc(N(c3ccc(-c4ccccc4)cc3)c3ccc(-c4ccccc4)cc3)cc2Cc2cccc(-c3cccc4c3C3(c5ccccc5-4)C4CC5CC(C4)CC3C5)c21. The van der Waals surface area contributed by atoms with Gasteiger partial charge in [-0.05, 0) is 171 Å². The Kier molecular flexibility index (Phi) is 8.38. The van der Waals surface area contributed by atoms with Crippen molar-refractivity contribution in [3.63, 3.8) is 0 Å². The van der Waals surface area contributed by atoms with Gasteiger partial charge >= 0.3 is 0 Å². The molecule has 63 heavy (non-hydrogen) atoms. The smallest absolute Gasteiger partial charge is 0.113 e. The Bertz CT molecular complexity index is 2940. The molecule has 0 atom stereocenters. The molecule has 8 aromatic carbocycles. The van der Waals surface area contributed by atoms with E-state index in [1.807, 2.05) is 0 Å². The quantitative estimate of drug-likeness (QED) is 0.151. The Morgan fingerprint density at radius 2 is 0.921 bits per heavy atom. The van der Waals surface area contributed by atoms with Crippen LogP contribution in [0.1, 0.15) is 54.4 Å². The van der Waals surface area contributed by atoms with E-state index in [0.717, 1.165) is 41.5 Å². The number of hydrogen-bond acceptors (Lipinski definition) is 1. The van der Waals surface area contributed by atoms with Crippen molar-refractivity contribution in [2.24, 2.45) is 23.7 Å². The molecule has 306 valence electrons. The molecule has 1 spiro atoms. The first-order valence-corrected chi connectivity index (χ1v) is 26.6. The van der Waals surface area contributed by atoms with Gasteiger partial charge in [0.1, 0.15) is 8.07 Å². The average Bonchev–Trinajstić information content (AvgIpc) is 3.62. The Morgan fingerprint density at radius 1 is 0.429 bits per heavy atom. The van der Waals surface area contributed by atoms with Gasteiger partial charge in [-0.2, -0.15) is 0 Å². The van der Waals surface area contributed by atoms with Gasteiger partial charge in [0.25, 0.3) is 0 Å². The van der Waals surface area contributed by atoms with Gasteiger partial charge in [-0.3, -0.25) is 0 Å². The molecule has 14 rings (SSSR count). The van der Waals surface area contributed by atoms with E-state index in [-0.39, 0.29) is 5.41 Å². The highest BCUT2D eigenvalue weighted by Gasteiger charge is 2.62. The summed E-state index contributed by atoms with van der Waals surface area (Å²) in [4.78, 5) is 2.46. The lowest BCUT2D eigenvalue weighted by Crippen LogP contribution is -2.59. The summed E-state index contributed by atoms with van der Waals surface area (Å²) in [6.07, 6.45) is 8.05. The van der Waals surface area contributed by atoms with Crippen LogP contribution in [0.4, 0.5) is 17.1 Å². The monoisotopic (exact) mass is 827 g/mol. The van der Waals surface area contributed by atoms with Gasteiger partial charge in [0.2, 0.25) is 0 Å². The summed E-state index contributed by atoms with van der Waals surface area (Å²) in [5.74, 6) is 3.34. The van der Waals surface area contributed by atoms with Gasteiger partial charge < -0.3 is 4.90 Å². The molecule has 0 N–H and O–H groups in total. The van der Waals surface area contributed by atoms with Crippen LogP contribution in [0, 0.1) is 23.7 Å². The molecule has 0 saturated heterocycles. The fourth-order valence-corrected chi connectivity index (χ4v) is 17.9. The summed E-state index contributed by atoms with van der Waals surface area (Å²) >= 11 is 0. The van der Waals surface area contributed by atoms with Crippen molar-refractivity contribution < 1.29 is 0 Å². The zero-order valence-corrected chi connectivity index (χ0v) is 37.4. The molecule has 0 unspecified atom stereocenters. The van der Waals surface area contributed by atoms with Gasteiger partial charge in [0.05, 0.1) is 0 Å². The minimum atomic E-state index is -2.19. The normalized spacial score (nSPS) is 22.9. The first-order valence-electron chi connectivity index (χ1n) is 23.6. The van der Waals surface area contributed by atoms with Crippen molar-refractivity contribution in [2.45, 2.75) is 57.0 Å². The Morgan fingerprint density at radius 3 is 1.54 bits per heavy atom. The van der Waals surface area contributed by atoms with Crippen LogP contribution < -0.4 is 15.3 Å². The Labute approximate surface area is 374 Å². The summed E-state index contributed by atoms with van der Waals surface area (Å²) in [6.45, 7) is 5.26. The van der Waals surface area contributed by atoms with Crippen molar-refractivity contribution in [1.82, 2.24) is 0 Å². The summed E-state index contributed by atoms with van der Waals surface area (Å²) < 4.78 is 0. The van der Waals surface area contributed by atoms with Crippen LogP contribution in [0.25, 0.3) is 44.5 Å². The molecule has 4 fully saturated rings. The van der Waals surface area contributed by atoms with Crippen LogP contribution in [0.2, 0.25) is 13.1 Å². The number of benzene rings is 8. The molecule has 8 aromatic rings. The molecule has 1 aliphatic heterocycles. The first-order chi connectivity index (χ1) is 30.9. The number of nitrogens with zero attached hydrogens (tertiary/aromatic N) is 1. The average molecular weight is 828 g/mol. The van der Waals surface area contributed by atoms with Crippen molar-refractivity contribution >= 4 is 35.5 Å². The lowest BCUT2D eigenvalue weighted by atomic mass is 9.42. The fraction of sp³-hybridized carbons (Fsp3) is 0.213. The highest BCUT2D eigenvalue weighted by molar-refractivity contribution is 7.02. The molecule has 4 bridgehead atoms. The van der Waals surface area contributed by atoms with Crippen molar-refractivity contribution in [3.8, 4) is 44.5 Å². The van der Waals surface area contributed by atoms with Crippen molar-refractivity contribution in [3.05, 3.63) is 210 Å². The standard InChI is InChI=1S/C61H53NSi/c1-63(2)58-32-31-52(62(50-27-23-44(24-28-50)42-13-5-3-6-14-42)51-29-25-45(26-30-51)43-15-7-4-8-16-43)39-47(58)38-46-17-11-21-56(60(46)63)55-20-12-19-54-53-18-9-10-22-57(53)61(59(54)55)48-34-40-33-41(36-48)37-49(61)35-40/h3-32,39-41,48-49H,33-38H2,1-2H3. The zero-order valence-electron chi connectivity index (χ0n) is 36.4. The molecular formula is C61H53NSi. The van der Waals surface area contributed by atoms with Gasteiger partial charge in [-0.15, -0.1) is 0 Å². The second-order valence-electron chi connectivity index (χ2n) is 20.1. The van der Waals surface area contributed by atoms with Gasteiger partial charge in [0, 0.05) is 22.5 Å². The molecule has 2 heteroatoms. The van der Waals surface area contributed by atoms with Crippen molar-refractivity contribution in [1.29, 1.82) is 0 Å². The van der Waals surface area contributed by atoms with Gasteiger partial charge in [0.15, 0.2) is 0 Å². The van der Waals surface area contributed by atoms with Crippen LogP contribution in [-0.4, -0.2) is 8.07 Å². The number of anilines is 3. The largest absolute Gasteiger partial charge is 0.310 e. The highest BCUT2D eigenvalue weighted by atomic mass is 28.3. The summed E-state index contributed by atoms with van der Waals surface area (Å²) in [5, 5.41) is 3.23. The number of rotatable bonds is 6. The second kappa shape index (κ2) is 14.1. The highest BCUT2D eigenvalue weighted by Crippen LogP contribution is 2.70. The van der Waals surface area contributed by atoms with E-state index >= 15 is 0 Å². The maximum atomic E-state index is 2.63. The summed E-state index contributed by atoms with van der Waals surface area (Å²) in [6, 6.07) is 71.5. The molecule has 4 saturated carbocycles. The molecular weight excluding hydrogens is 775 g/mol. The predicted octanol–water partition coefficient (Wildman–Crippen LogP) is 14.6. The third-order valence-corrected chi connectivity index (χ3v) is 20.2.